The highest BCUT2D eigenvalue weighted by molar-refractivity contribution is 7.91. The minimum Gasteiger partial charge on any atom is -0.338 e. The number of carbonyl (C=O) groups excluding carboxylic acids is 1. The molecule has 0 fully saturated rings. The van der Waals surface area contributed by atoms with Crippen LogP contribution < -0.4 is 5.32 Å². The summed E-state index contributed by atoms with van der Waals surface area (Å²) in [5.41, 5.74) is 2.37. The number of aryl methyl sites for hydroxylation is 1. The number of halogens is 2. The summed E-state index contributed by atoms with van der Waals surface area (Å²) in [4.78, 5) is 19.6. The summed E-state index contributed by atoms with van der Waals surface area (Å²) in [5, 5.41) is 2.65. The Kier molecular flexibility index (Phi) is 5.75. The summed E-state index contributed by atoms with van der Waals surface area (Å²) in [7, 11) is -3.58. The molecule has 0 aliphatic rings. The van der Waals surface area contributed by atoms with Gasteiger partial charge < -0.3 is 10.3 Å². The van der Waals surface area contributed by atoms with E-state index in [1.807, 2.05) is 6.92 Å². The fourth-order valence-corrected chi connectivity index (χ4v) is 4.45. The second-order valence-electron chi connectivity index (χ2n) is 7.37. The molecule has 3 aromatic carbocycles. The number of carbonyl (C=O) groups is 1. The zero-order valence-electron chi connectivity index (χ0n) is 17.0. The van der Waals surface area contributed by atoms with Crippen molar-refractivity contribution in [1.82, 2.24) is 9.97 Å². The molecule has 6 nitrogen and oxygen atoms in total. The first-order chi connectivity index (χ1) is 15.2. The quantitative estimate of drug-likeness (QED) is 0.444. The number of anilines is 1. The smallest absolute Gasteiger partial charge is 0.225 e. The first-order valence-electron chi connectivity index (χ1n) is 9.76. The number of rotatable bonds is 6. The summed E-state index contributed by atoms with van der Waals surface area (Å²) >= 11 is 0. The zero-order valence-corrected chi connectivity index (χ0v) is 17.8. The van der Waals surface area contributed by atoms with Gasteiger partial charge in [0.1, 0.15) is 17.5 Å². The van der Waals surface area contributed by atoms with Crippen LogP contribution in [-0.4, -0.2) is 30.0 Å². The predicted octanol–water partition coefficient (Wildman–Crippen LogP) is 4.62. The van der Waals surface area contributed by atoms with Gasteiger partial charge in [-0.05, 0) is 55.5 Å². The van der Waals surface area contributed by atoms with Gasteiger partial charge in [-0.25, -0.2) is 22.2 Å². The highest BCUT2D eigenvalue weighted by Gasteiger charge is 2.17. The maximum absolute atomic E-state index is 14.0. The molecule has 0 atom stereocenters. The van der Waals surface area contributed by atoms with E-state index in [9.17, 15) is 22.0 Å². The molecule has 1 aromatic heterocycles. The average Bonchev–Trinajstić information content (AvgIpc) is 3.17. The molecule has 1 amide bonds. The van der Waals surface area contributed by atoms with Crippen molar-refractivity contribution in [2.45, 2.75) is 18.2 Å². The van der Waals surface area contributed by atoms with Crippen LogP contribution in [0.4, 0.5) is 14.5 Å². The number of H-pyrrole nitrogens is 1. The molecule has 0 saturated heterocycles. The van der Waals surface area contributed by atoms with E-state index >= 15 is 0 Å². The van der Waals surface area contributed by atoms with Crippen LogP contribution in [0, 0.1) is 18.6 Å². The van der Waals surface area contributed by atoms with Gasteiger partial charge in [-0.3, -0.25) is 4.79 Å². The van der Waals surface area contributed by atoms with E-state index in [1.54, 1.807) is 30.3 Å². The molecule has 0 bridgehead atoms. The highest BCUT2D eigenvalue weighted by atomic mass is 32.2. The molecule has 0 aliphatic heterocycles. The summed E-state index contributed by atoms with van der Waals surface area (Å²) in [5.74, 6) is -1.83. The van der Waals surface area contributed by atoms with Crippen LogP contribution in [0.2, 0.25) is 0 Å². The minimum atomic E-state index is -3.58. The van der Waals surface area contributed by atoms with Gasteiger partial charge in [-0.2, -0.15) is 0 Å². The maximum atomic E-state index is 14.0. The Morgan fingerprint density at radius 2 is 1.78 bits per heavy atom. The maximum Gasteiger partial charge on any atom is 0.225 e. The van der Waals surface area contributed by atoms with Crippen molar-refractivity contribution in [2.24, 2.45) is 0 Å². The Labute approximate surface area is 183 Å². The molecule has 0 saturated carbocycles. The SMILES string of the molecule is Cc1ccc(S(=O)(=O)CCC(=O)Nc2ccc3nc(-c4cc(F)ccc4F)[nH]c3c2)cc1. The third-order valence-corrected chi connectivity index (χ3v) is 6.66. The highest BCUT2D eigenvalue weighted by Crippen LogP contribution is 2.25. The Bertz CT molecular complexity index is 1410. The normalized spacial score (nSPS) is 11.6. The monoisotopic (exact) mass is 455 g/mol. The van der Waals surface area contributed by atoms with Crippen molar-refractivity contribution in [2.75, 3.05) is 11.1 Å². The lowest BCUT2D eigenvalue weighted by Crippen LogP contribution is -2.17. The second kappa shape index (κ2) is 8.51. The van der Waals surface area contributed by atoms with Crippen molar-refractivity contribution in [1.29, 1.82) is 0 Å². The minimum absolute atomic E-state index is 0.00639. The molecule has 9 heteroatoms. The number of imidazole rings is 1. The van der Waals surface area contributed by atoms with Gasteiger partial charge in [-0.1, -0.05) is 17.7 Å². The van der Waals surface area contributed by atoms with Crippen LogP contribution in [0.5, 0.6) is 0 Å². The Hall–Kier alpha value is -3.59. The first kappa shape index (κ1) is 21.6. The molecule has 32 heavy (non-hydrogen) atoms. The van der Waals surface area contributed by atoms with E-state index in [1.165, 1.54) is 12.1 Å². The van der Waals surface area contributed by atoms with Crippen LogP contribution in [-0.2, 0) is 14.6 Å². The molecule has 164 valence electrons. The molecule has 0 radical (unpaired) electrons. The summed E-state index contributed by atoms with van der Waals surface area (Å²) in [6, 6.07) is 14.4. The van der Waals surface area contributed by atoms with Crippen molar-refractivity contribution in [3.05, 3.63) is 77.9 Å². The average molecular weight is 455 g/mol. The number of nitrogens with one attached hydrogen (secondary N) is 2. The van der Waals surface area contributed by atoms with Gasteiger partial charge in [0.05, 0.1) is 27.2 Å². The first-order valence-corrected chi connectivity index (χ1v) is 11.4. The van der Waals surface area contributed by atoms with Crippen molar-refractivity contribution < 1.29 is 22.0 Å². The predicted molar refractivity (Wildman–Crippen MR) is 118 cm³/mol. The molecule has 0 aliphatic carbocycles. The van der Waals surface area contributed by atoms with Crippen LogP contribution in [0.3, 0.4) is 0 Å². The lowest BCUT2D eigenvalue weighted by Gasteiger charge is -2.07. The van der Waals surface area contributed by atoms with Gasteiger partial charge in [0.15, 0.2) is 9.84 Å². The molecular weight excluding hydrogens is 436 g/mol. The molecule has 0 unspecified atom stereocenters. The number of hydrogen-bond acceptors (Lipinski definition) is 4. The molecule has 4 rings (SSSR count). The third-order valence-electron chi connectivity index (χ3n) is 4.93. The van der Waals surface area contributed by atoms with Crippen LogP contribution in [0.1, 0.15) is 12.0 Å². The Morgan fingerprint density at radius 1 is 1.03 bits per heavy atom. The fraction of sp³-hybridized carbons (Fsp3) is 0.130. The number of nitrogens with zero attached hydrogens (tertiary/aromatic N) is 1. The van der Waals surface area contributed by atoms with E-state index in [-0.39, 0.29) is 28.5 Å². The van der Waals surface area contributed by atoms with Gasteiger partial charge in [0, 0.05) is 12.1 Å². The third kappa shape index (κ3) is 4.67. The van der Waals surface area contributed by atoms with E-state index < -0.39 is 27.4 Å². The van der Waals surface area contributed by atoms with Crippen molar-refractivity contribution >= 4 is 32.5 Å². The molecule has 4 aromatic rings. The topological polar surface area (TPSA) is 91.9 Å². The van der Waals surface area contributed by atoms with Crippen molar-refractivity contribution in [3.8, 4) is 11.4 Å². The molecule has 2 N–H and O–H groups in total. The lowest BCUT2D eigenvalue weighted by molar-refractivity contribution is -0.115. The fourth-order valence-electron chi connectivity index (χ4n) is 3.21. The number of hydrogen-bond donors (Lipinski definition) is 2. The standard InChI is InChI=1S/C23H19F2N3O3S/c1-14-2-6-17(7-3-14)32(30,31)11-10-22(29)26-16-5-9-20-21(13-16)28-23(27-20)18-12-15(24)4-8-19(18)25/h2-9,12-13H,10-11H2,1H3,(H,26,29)(H,27,28). The Balaban J connectivity index is 1.46. The lowest BCUT2D eigenvalue weighted by atomic mass is 10.2. The van der Waals surface area contributed by atoms with Crippen LogP contribution in [0.25, 0.3) is 22.4 Å². The Morgan fingerprint density at radius 3 is 2.53 bits per heavy atom. The number of sulfone groups is 1. The number of aromatic nitrogens is 2. The van der Waals surface area contributed by atoms with Crippen molar-refractivity contribution in [3.63, 3.8) is 0 Å². The zero-order chi connectivity index (χ0) is 22.9. The molecule has 1 heterocycles. The number of amides is 1. The molecule has 0 spiro atoms. The largest absolute Gasteiger partial charge is 0.338 e. The second-order valence-corrected chi connectivity index (χ2v) is 9.48. The number of aromatic amines is 1. The van der Waals surface area contributed by atoms with E-state index in [2.05, 4.69) is 15.3 Å². The van der Waals surface area contributed by atoms with Gasteiger partial charge in [0.25, 0.3) is 0 Å². The number of fused-ring (bicyclic) bond motifs is 1. The number of benzene rings is 3. The van der Waals surface area contributed by atoms with E-state index in [0.717, 1.165) is 23.8 Å². The molecular formula is C23H19F2N3O3S. The van der Waals surface area contributed by atoms with Crippen LogP contribution >= 0.6 is 0 Å². The summed E-state index contributed by atoms with van der Waals surface area (Å²) < 4.78 is 52.3. The van der Waals surface area contributed by atoms with Gasteiger partial charge in [-0.15, -0.1) is 0 Å². The van der Waals surface area contributed by atoms with Gasteiger partial charge in [0.2, 0.25) is 5.91 Å². The van der Waals surface area contributed by atoms with Gasteiger partial charge >= 0.3 is 0 Å². The van der Waals surface area contributed by atoms with Crippen LogP contribution in [0.15, 0.2) is 65.6 Å². The summed E-state index contributed by atoms with van der Waals surface area (Å²) in [6.45, 7) is 1.86. The van der Waals surface area contributed by atoms with E-state index in [0.29, 0.717) is 16.7 Å². The van der Waals surface area contributed by atoms with E-state index in [4.69, 9.17) is 0 Å². The summed E-state index contributed by atoms with van der Waals surface area (Å²) in [6.07, 6.45) is -0.211.